The van der Waals surface area contributed by atoms with E-state index in [1.807, 2.05) is 6.07 Å². The minimum absolute atomic E-state index is 0.423. The molecule has 0 fully saturated rings. The van der Waals surface area contributed by atoms with E-state index in [-0.39, 0.29) is 0 Å². The van der Waals surface area contributed by atoms with E-state index in [4.69, 9.17) is 0 Å². The van der Waals surface area contributed by atoms with Crippen molar-refractivity contribution in [3.63, 3.8) is 0 Å². The van der Waals surface area contributed by atoms with Gasteiger partial charge in [0.1, 0.15) is 5.75 Å². The Bertz CT molecular complexity index is 417. The monoisotopic (exact) mass is 262 g/mol. The summed E-state index contributed by atoms with van der Waals surface area (Å²) >= 11 is 0. The van der Waals surface area contributed by atoms with E-state index in [9.17, 15) is 5.11 Å². The molecule has 0 bridgehead atoms. The molecule has 0 saturated carbocycles. The van der Waals surface area contributed by atoms with Crippen molar-refractivity contribution < 1.29 is 5.11 Å². The first kappa shape index (κ1) is 14.4. The minimum Gasteiger partial charge on any atom is -0.508 e. The smallest absolute Gasteiger partial charge is 0.119 e. The van der Waals surface area contributed by atoms with Crippen molar-refractivity contribution in [3.8, 4) is 5.75 Å². The number of fused-ring (bicyclic) bond motifs is 1. The van der Waals surface area contributed by atoms with Gasteiger partial charge in [0.2, 0.25) is 0 Å². The van der Waals surface area contributed by atoms with Gasteiger partial charge in [0.05, 0.1) is 0 Å². The van der Waals surface area contributed by atoms with Gasteiger partial charge in [0.25, 0.3) is 0 Å². The zero-order valence-corrected chi connectivity index (χ0v) is 12.3. The lowest BCUT2D eigenvalue weighted by molar-refractivity contribution is 0.267. The largest absolute Gasteiger partial charge is 0.508 e. The minimum atomic E-state index is 0.423. The molecule has 0 heterocycles. The molecule has 0 aromatic heterocycles. The van der Waals surface area contributed by atoms with E-state index < -0.39 is 0 Å². The molecule has 1 aromatic rings. The summed E-state index contributed by atoms with van der Waals surface area (Å²) < 4.78 is 0. The molecule has 1 aromatic carbocycles. The van der Waals surface area contributed by atoms with E-state index in [1.165, 1.54) is 12.0 Å². The zero-order valence-electron chi connectivity index (χ0n) is 12.3. The van der Waals surface area contributed by atoms with Crippen LogP contribution in [0.15, 0.2) is 18.2 Å². The highest BCUT2D eigenvalue weighted by atomic mass is 16.3. The maximum absolute atomic E-state index is 9.82. The first-order valence-electron chi connectivity index (χ1n) is 7.34. The molecule has 106 valence electrons. The van der Waals surface area contributed by atoms with Crippen molar-refractivity contribution in [1.82, 2.24) is 10.2 Å². The second kappa shape index (κ2) is 6.40. The molecule has 2 N–H and O–H groups in total. The first-order valence-corrected chi connectivity index (χ1v) is 7.34. The van der Waals surface area contributed by atoms with Gasteiger partial charge in [-0.15, -0.1) is 0 Å². The van der Waals surface area contributed by atoms with Crippen molar-refractivity contribution in [1.29, 1.82) is 0 Å². The Morgan fingerprint density at radius 2 is 2.21 bits per heavy atom. The Balaban J connectivity index is 1.79. The number of hydrogen-bond donors (Lipinski definition) is 2. The highest BCUT2D eigenvalue weighted by molar-refractivity contribution is 5.44. The molecule has 2 rings (SSSR count). The Morgan fingerprint density at radius 1 is 1.42 bits per heavy atom. The summed E-state index contributed by atoms with van der Waals surface area (Å²) in [5.41, 5.74) is 2.43. The van der Waals surface area contributed by atoms with Crippen molar-refractivity contribution in [2.24, 2.45) is 0 Å². The average Bonchev–Trinajstić information content (AvgIpc) is 2.79. The third kappa shape index (κ3) is 3.48. The van der Waals surface area contributed by atoms with Crippen LogP contribution in [-0.2, 0) is 6.42 Å². The summed E-state index contributed by atoms with van der Waals surface area (Å²) in [6, 6.07) is 6.91. The fraction of sp³-hybridized carbons (Fsp3) is 0.625. The van der Waals surface area contributed by atoms with Gasteiger partial charge in [-0.2, -0.15) is 0 Å². The predicted octanol–water partition coefficient (Wildman–Crippen LogP) is 2.70. The molecule has 1 aliphatic carbocycles. The fourth-order valence-corrected chi connectivity index (χ4v) is 2.71. The molecule has 0 radical (unpaired) electrons. The zero-order chi connectivity index (χ0) is 13.8. The Kier molecular flexibility index (Phi) is 4.83. The Hall–Kier alpha value is -1.06. The molecule has 19 heavy (non-hydrogen) atoms. The van der Waals surface area contributed by atoms with Crippen molar-refractivity contribution in [2.75, 3.05) is 20.1 Å². The summed E-state index contributed by atoms with van der Waals surface area (Å²) in [7, 11) is 2.17. The summed E-state index contributed by atoms with van der Waals surface area (Å²) in [5.74, 6) is 0.460. The number of aromatic hydroxyl groups is 1. The van der Waals surface area contributed by atoms with Crippen molar-refractivity contribution in [2.45, 2.75) is 45.2 Å². The van der Waals surface area contributed by atoms with Crippen LogP contribution < -0.4 is 5.32 Å². The molecule has 0 amide bonds. The lowest BCUT2D eigenvalue weighted by Gasteiger charge is -2.21. The molecule has 3 nitrogen and oxygen atoms in total. The van der Waals surface area contributed by atoms with Crippen LogP contribution in [0.25, 0.3) is 0 Å². The van der Waals surface area contributed by atoms with Crippen LogP contribution in [0.3, 0.4) is 0 Å². The quantitative estimate of drug-likeness (QED) is 0.774. The normalized spacial score (nSPS) is 18.3. The highest BCUT2D eigenvalue weighted by Crippen LogP contribution is 2.36. The fourth-order valence-electron chi connectivity index (χ4n) is 2.71. The lowest BCUT2D eigenvalue weighted by atomic mass is 10.1. The van der Waals surface area contributed by atoms with E-state index in [0.29, 0.717) is 17.8 Å². The molecule has 0 spiro atoms. The number of phenols is 1. The van der Waals surface area contributed by atoms with Gasteiger partial charge in [-0.05, 0) is 70.4 Å². The molecule has 3 heteroatoms. The average molecular weight is 262 g/mol. The van der Waals surface area contributed by atoms with Crippen LogP contribution in [0.5, 0.6) is 5.75 Å². The Morgan fingerprint density at radius 3 is 2.95 bits per heavy atom. The molecular weight excluding hydrogens is 236 g/mol. The van der Waals surface area contributed by atoms with Gasteiger partial charge >= 0.3 is 0 Å². The second-order valence-electron chi connectivity index (χ2n) is 5.82. The Labute approximate surface area is 116 Å². The van der Waals surface area contributed by atoms with E-state index >= 15 is 0 Å². The number of benzene rings is 1. The third-order valence-corrected chi connectivity index (χ3v) is 4.21. The second-order valence-corrected chi connectivity index (χ2v) is 5.82. The molecular formula is C16H26N2O. The number of hydrogen-bond acceptors (Lipinski definition) is 3. The summed E-state index contributed by atoms with van der Waals surface area (Å²) in [4.78, 5) is 2.37. The topological polar surface area (TPSA) is 35.5 Å². The first-order chi connectivity index (χ1) is 9.09. The van der Waals surface area contributed by atoms with E-state index in [0.717, 1.165) is 31.5 Å². The lowest BCUT2D eigenvalue weighted by Crippen LogP contribution is -2.30. The molecule has 0 saturated heterocycles. The van der Waals surface area contributed by atoms with Crippen LogP contribution in [0.2, 0.25) is 0 Å². The number of rotatable bonds is 6. The molecule has 1 unspecified atom stereocenters. The van der Waals surface area contributed by atoms with Crippen molar-refractivity contribution >= 4 is 0 Å². The van der Waals surface area contributed by atoms with Crippen molar-refractivity contribution in [3.05, 3.63) is 29.3 Å². The predicted molar refractivity (Wildman–Crippen MR) is 79.6 cm³/mol. The summed E-state index contributed by atoms with van der Waals surface area (Å²) in [6.45, 7) is 6.62. The van der Waals surface area contributed by atoms with Gasteiger partial charge in [-0.1, -0.05) is 12.1 Å². The molecule has 1 aliphatic rings. The van der Waals surface area contributed by atoms with E-state index in [2.05, 4.69) is 37.2 Å². The number of phenolic OH excluding ortho intramolecular Hbond substituents is 1. The standard InChI is InChI=1S/C16H26N2O/c1-12(2)18(3)11-5-10-17-15-9-8-14-13(15)6-4-7-16(14)19/h4,6-7,12,15,17,19H,5,8-11H2,1-3H3. The van der Waals surface area contributed by atoms with Gasteiger partial charge in [-0.3, -0.25) is 0 Å². The summed E-state index contributed by atoms with van der Waals surface area (Å²) in [6.07, 6.45) is 3.26. The van der Waals surface area contributed by atoms with Crippen LogP contribution in [0, 0.1) is 0 Å². The van der Waals surface area contributed by atoms with Crippen LogP contribution in [0.1, 0.15) is 43.9 Å². The van der Waals surface area contributed by atoms with Crippen LogP contribution >= 0.6 is 0 Å². The SMILES string of the molecule is CC(C)N(C)CCCNC1CCc2c(O)cccc21. The maximum Gasteiger partial charge on any atom is 0.119 e. The third-order valence-electron chi connectivity index (χ3n) is 4.21. The van der Waals surface area contributed by atoms with Gasteiger partial charge in [-0.25, -0.2) is 0 Å². The summed E-state index contributed by atoms with van der Waals surface area (Å²) in [5, 5.41) is 13.4. The number of nitrogens with one attached hydrogen (secondary N) is 1. The van der Waals surface area contributed by atoms with Crippen LogP contribution in [0.4, 0.5) is 0 Å². The maximum atomic E-state index is 9.82. The van der Waals surface area contributed by atoms with Gasteiger partial charge in [0, 0.05) is 12.1 Å². The van der Waals surface area contributed by atoms with Gasteiger partial charge in [0.15, 0.2) is 0 Å². The molecule has 1 atom stereocenters. The highest BCUT2D eigenvalue weighted by Gasteiger charge is 2.23. The van der Waals surface area contributed by atoms with Gasteiger partial charge < -0.3 is 15.3 Å². The molecule has 0 aliphatic heterocycles. The number of nitrogens with zero attached hydrogens (tertiary/aromatic N) is 1. The van der Waals surface area contributed by atoms with E-state index in [1.54, 1.807) is 6.07 Å². The van der Waals surface area contributed by atoms with Crippen LogP contribution in [-0.4, -0.2) is 36.2 Å².